The molecular weight excluding hydrogens is 484 g/mol. The zero-order valence-electron chi connectivity index (χ0n) is 22.2. The van der Waals surface area contributed by atoms with Gasteiger partial charge in [-0.15, -0.1) is 0 Å². The fraction of sp³-hybridized carbons (Fsp3) is 0.519. The molecule has 4 N–H and O–H groups in total. The van der Waals surface area contributed by atoms with Crippen LogP contribution in [0, 0.1) is 0 Å². The lowest BCUT2D eigenvalue weighted by Gasteiger charge is -2.25. The Morgan fingerprint density at radius 1 is 1.18 bits per heavy atom. The molecule has 1 unspecified atom stereocenters. The van der Waals surface area contributed by atoms with Gasteiger partial charge in [-0.1, -0.05) is 6.07 Å². The second kappa shape index (κ2) is 13.2. The van der Waals surface area contributed by atoms with Crippen molar-refractivity contribution >= 4 is 34.5 Å². The van der Waals surface area contributed by atoms with Crippen molar-refractivity contribution in [2.45, 2.75) is 51.5 Å². The number of carbonyl (C=O) groups is 2. The second-order valence-electron chi connectivity index (χ2n) is 9.83. The first kappa shape index (κ1) is 27.3. The first-order valence-electron chi connectivity index (χ1n) is 13.4. The number of nitrogens with zero attached hydrogens (tertiary/aromatic N) is 5. The number of rotatable bonds is 14. The molecule has 3 aromatic rings. The van der Waals surface area contributed by atoms with Crippen LogP contribution in [-0.4, -0.2) is 80.2 Å². The third-order valence-corrected chi connectivity index (χ3v) is 6.92. The maximum Gasteiger partial charge on any atom is 0.326 e. The largest absolute Gasteiger partial charge is 0.480 e. The zero-order chi connectivity index (χ0) is 26.9. The highest BCUT2D eigenvalue weighted by atomic mass is 16.4. The first-order valence-corrected chi connectivity index (χ1v) is 13.4. The Morgan fingerprint density at radius 2 is 2.05 bits per heavy atom. The highest BCUT2D eigenvalue weighted by Gasteiger charge is 2.21. The number of carbonyl (C=O) groups excluding carboxylic acids is 1. The van der Waals surface area contributed by atoms with Crippen LogP contribution in [0.4, 0.5) is 11.6 Å². The van der Waals surface area contributed by atoms with Gasteiger partial charge in [-0.3, -0.25) is 4.79 Å². The lowest BCUT2D eigenvalue weighted by atomic mass is 10.1. The molecule has 0 aliphatic carbocycles. The fourth-order valence-electron chi connectivity index (χ4n) is 4.80. The molecule has 0 aromatic carbocycles. The monoisotopic (exact) mass is 522 g/mol. The van der Waals surface area contributed by atoms with Crippen LogP contribution in [0.5, 0.6) is 0 Å². The number of nitrogens with one attached hydrogen (secondary N) is 3. The van der Waals surface area contributed by atoms with Crippen LogP contribution >= 0.6 is 0 Å². The summed E-state index contributed by atoms with van der Waals surface area (Å²) in [5, 5.41) is 20.0. The van der Waals surface area contributed by atoms with E-state index in [4.69, 9.17) is 4.98 Å². The van der Waals surface area contributed by atoms with Gasteiger partial charge in [0, 0.05) is 52.0 Å². The smallest absolute Gasteiger partial charge is 0.326 e. The molecule has 1 atom stereocenters. The van der Waals surface area contributed by atoms with Crippen molar-refractivity contribution in [2.75, 3.05) is 43.4 Å². The van der Waals surface area contributed by atoms with Gasteiger partial charge in [0.2, 0.25) is 5.91 Å². The number of hydrogen-bond acceptors (Lipinski definition) is 8. The summed E-state index contributed by atoms with van der Waals surface area (Å²) in [7, 11) is 1.89. The molecule has 11 nitrogen and oxygen atoms in total. The van der Waals surface area contributed by atoms with Crippen molar-refractivity contribution in [3.8, 4) is 0 Å². The average Bonchev–Trinajstić information content (AvgIpc) is 3.29. The molecule has 4 heterocycles. The van der Waals surface area contributed by atoms with Crippen molar-refractivity contribution in [3.05, 3.63) is 42.0 Å². The van der Waals surface area contributed by atoms with Gasteiger partial charge in [-0.2, -0.15) is 0 Å². The minimum atomic E-state index is -0.929. The topological polar surface area (TPSA) is 137 Å². The number of unbranched alkanes of at least 4 members (excludes halogenated alkanes) is 1. The minimum absolute atomic E-state index is 0.0715. The van der Waals surface area contributed by atoms with Crippen LogP contribution in [0.2, 0.25) is 0 Å². The fourth-order valence-corrected chi connectivity index (χ4v) is 4.80. The van der Waals surface area contributed by atoms with Crippen LogP contribution < -0.4 is 16.0 Å². The van der Waals surface area contributed by atoms with Crippen molar-refractivity contribution in [1.82, 2.24) is 29.7 Å². The maximum atomic E-state index is 12.1. The third kappa shape index (κ3) is 7.41. The van der Waals surface area contributed by atoms with Gasteiger partial charge in [0.1, 0.15) is 29.7 Å². The van der Waals surface area contributed by atoms with Crippen molar-refractivity contribution in [1.29, 1.82) is 0 Å². The van der Waals surface area contributed by atoms with E-state index in [1.165, 1.54) is 18.8 Å². The van der Waals surface area contributed by atoms with E-state index in [-0.39, 0.29) is 5.91 Å². The molecule has 0 saturated heterocycles. The molecule has 1 aliphatic rings. The summed E-state index contributed by atoms with van der Waals surface area (Å²) in [6.07, 6.45) is 8.77. The number of aliphatic carboxylic acids is 1. The number of anilines is 2. The molecule has 11 heteroatoms. The quantitative estimate of drug-likeness (QED) is 0.235. The number of hydrogen-bond donors (Lipinski definition) is 4. The molecule has 0 radical (unpaired) electrons. The van der Waals surface area contributed by atoms with E-state index >= 15 is 0 Å². The molecule has 0 saturated carbocycles. The van der Waals surface area contributed by atoms with Gasteiger partial charge >= 0.3 is 5.97 Å². The van der Waals surface area contributed by atoms with E-state index in [1.807, 2.05) is 23.9 Å². The van der Waals surface area contributed by atoms with Crippen molar-refractivity contribution < 1.29 is 14.7 Å². The number of carboxylic acid groups (broad SMARTS) is 1. The lowest BCUT2D eigenvalue weighted by Crippen LogP contribution is -2.39. The van der Waals surface area contributed by atoms with E-state index in [2.05, 4.69) is 43.0 Å². The number of amides is 1. The van der Waals surface area contributed by atoms with E-state index in [0.717, 1.165) is 67.7 Å². The predicted octanol–water partition coefficient (Wildman–Crippen LogP) is 2.44. The molecule has 1 aliphatic heterocycles. The molecule has 0 bridgehead atoms. The van der Waals surface area contributed by atoms with E-state index < -0.39 is 12.0 Å². The molecule has 0 spiro atoms. The predicted molar refractivity (Wildman–Crippen MR) is 147 cm³/mol. The number of aromatic nitrogens is 4. The highest BCUT2D eigenvalue weighted by Crippen LogP contribution is 2.22. The number of pyridine rings is 1. The lowest BCUT2D eigenvalue weighted by molar-refractivity contribution is -0.138. The van der Waals surface area contributed by atoms with Crippen LogP contribution in [0.15, 0.2) is 30.7 Å². The molecule has 38 heavy (non-hydrogen) atoms. The normalized spacial score (nSPS) is 13.7. The SMILES string of the molecule is CC(=O)NCCN(CCCCc1ccc2c(n1)NCCC2)CCC(Nc1ncnc2c1ccn2C)C(=O)O. The number of fused-ring (bicyclic) bond motifs is 2. The van der Waals surface area contributed by atoms with Crippen LogP contribution in [0.25, 0.3) is 11.0 Å². The van der Waals surface area contributed by atoms with Crippen LogP contribution in [-0.2, 0) is 29.5 Å². The molecule has 4 rings (SSSR count). The van der Waals surface area contributed by atoms with Gasteiger partial charge < -0.3 is 30.5 Å². The third-order valence-electron chi connectivity index (χ3n) is 6.92. The Labute approximate surface area is 223 Å². The molecule has 3 aromatic heterocycles. The highest BCUT2D eigenvalue weighted by molar-refractivity contribution is 5.89. The van der Waals surface area contributed by atoms with Gasteiger partial charge in [0.05, 0.1) is 5.39 Å². The number of aryl methyl sites for hydroxylation is 3. The Morgan fingerprint density at radius 3 is 2.87 bits per heavy atom. The van der Waals surface area contributed by atoms with E-state index in [1.54, 1.807) is 0 Å². The average molecular weight is 523 g/mol. The summed E-state index contributed by atoms with van der Waals surface area (Å²) in [6.45, 7) is 5.05. The maximum absolute atomic E-state index is 12.1. The Kier molecular flexibility index (Phi) is 9.47. The van der Waals surface area contributed by atoms with Crippen molar-refractivity contribution in [2.24, 2.45) is 7.05 Å². The molecular formula is C27H38N8O3. The summed E-state index contributed by atoms with van der Waals surface area (Å²) in [4.78, 5) is 39.0. The molecule has 1 amide bonds. The second-order valence-corrected chi connectivity index (χ2v) is 9.83. The van der Waals surface area contributed by atoms with Gasteiger partial charge in [0.15, 0.2) is 0 Å². The van der Waals surface area contributed by atoms with Crippen LogP contribution in [0.1, 0.15) is 43.9 Å². The molecule has 204 valence electrons. The summed E-state index contributed by atoms with van der Waals surface area (Å²) in [6, 6.07) is 5.39. The summed E-state index contributed by atoms with van der Waals surface area (Å²) in [5.74, 6) is 0.536. The Bertz CT molecular complexity index is 1240. The van der Waals surface area contributed by atoms with E-state index in [9.17, 15) is 14.7 Å². The van der Waals surface area contributed by atoms with Crippen LogP contribution in [0.3, 0.4) is 0 Å². The van der Waals surface area contributed by atoms with E-state index in [0.29, 0.717) is 31.9 Å². The summed E-state index contributed by atoms with van der Waals surface area (Å²) >= 11 is 0. The first-order chi connectivity index (χ1) is 18.4. The van der Waals surface area contributed by atoms with Crippen molar-refractivity contribution in [3.63, 3.8) is 0 Å². The van der Waals surface area contributed by atoms with Gasteiger partial charge in [-0.25, -0.2) is 19.7 Å². The summed E-state index contributed by atoms with van der Waals surface area (Å²) < 4.78 is 1.87. The Balaban J connectivity index is 1.31. The zero-order valence-corrected chi connectivity index (χ0v) is 22.2. The minimum Gasteiger partial charge on any atom is -0.480 e. The Hall–Kier alpha value is -3.73. The number of carboxylic acids is 1. The van der Waals surface area contributed by atoms with Gasteiger partial charge in [-0.05, 0) is 62.8 Å². The molecule has 0 fully saturated rings. The summed E-state index contributed by atoms with van der Waals surface area (Å²) in [5.41, 5.74) is 3.13. The van der Waals surface area contributed by atoms with Gasteiger partial charge in [0.25, 0.3) is 0 Å². The standard InChI is InChI=1S/C27H38N8O3/c1-19(36)28-13-17-35(14-4-3-7-21-9-8-20-6-5-12-29-24(20)32-21)16-11-23(27(37)38)33-25-22-10-15-34(2)26(22)31-18-30-25/h8-10,15,18,23H,3-7,11-14,16-17H2,1-2H3,(H,28,36)(H,29,32)(H,37,38)(H,30,31,33).